The highest BCUT2D eigenvalue weighted by atomic mass is 19.4. The van der Waals surface area contributed by atoms with Crippen molar-refractivity contribution in [2.24, 2.45) is 11.7 Å². The van der Waals surface area contributed by atoms with E-state index in [2.05, 4.69) is 5.32 Å². The van der Waals surface area contributed by atoms with Crippen LogP contribution in [0.3, 0.4) is 0 Å². The third-order valence-electron chi connectivity index (χ3n) is 5.80. The number of carbonyl (C=O) groups excluding carboxylic acids is 1. The lowest BCUT2D eigenvalue weighted by molar-refractivity contribution is -0.137. The van der Waals surface area contributed by atoms with Gasteiger partial charge in [0, 0.05) is 23.9 Å². The first kappa shape index (κ1) is 18.2. The molecule has 0 aromatic heterocycles. The summed E-state index contributed by atoms with van der Waals surface area (Å²) in [6.07, 6.45) is 1.69. The molecule has 6 heteroatoms. The Bertz CT molecular complexity index is 625. The molecule has 3 nitrogen and oxygen atoms in total. The lowest BCUT2D eigenvalue weighted by atomic mass is 9.64. The van der Waals surface area contributed by atoms with Crippen LogP contribution in [0.1, 0.15) is 56.1 Å². The van der Waals surface area contributed by atoms with Crippen LogP contribution in [0.25, 0.3) is 0 Å². The van der Waals surface area contributed by atoms with Crippen LogP contribution in [0.2, 0.25) is 0 Å². The Morgan fingerprint density at radius 2 is 2.00 bits per heavy atom. The minimum absolute atomic E-state index is 0.00611. The van der Waals surface area contributed by atoms with Crippen molar-refractivity contribution in [3.63, 3.8) is 0 Å². The summed E-state index contributed by atoms with van der Waals surface area (Å²) in [4.78, 5) is 12.4. The molecule has 3 N–H and O–H groups in total. The second-order valence-corrected chi connectivity index (χ2v) is 7.55. The number of halogens is 3. The van der Waals surface area contributed by atoms with E-state index in [1.54, 1.807) is 6.07 Å². The van der Waals surface area contributed by atoms with E-state index < -0.39 is 11.7 Å². The molecule has 0 bridgehead atoms. The summed E-state index contributed by atoms with van der Waals surface area (Å²) in [5, 5.41) is 3.00. The molecule has 2 aliphatic rings. The highest BCUT2D eigenvalue weighted by molar-refractivity contribution is 5.79. The maximum atomic E-state index is 13.0. The SMILES string of the molecule is NC1CCCC(C(=O)NCC2(c3cccc(C(F)(F)F)c3)CCC2)C1. The van der Waals surface area contributed by atoms with Gasteiger partial charge in [0.25, 0.3) is 0 Å². The van der Waals surface area contributed by atoms with Crippen LogP contribution in [-0.2, 0) is 16.4 Å². The van der Waals surface area contributed by atoms with E-state index in [1.807, 2.05) is 0 Å². The van der Waals surface area contributed by atoms with Gasteiger partial charge in [-0.25, -0.2) is 0 Å². The quantitative estimate of drug-likeness (QED) is 0.865. The zero-order chi connectivity index (χ0) is 18.1. The van der Waals surface area contributed by atoms with Crippen molar-refractivity contribution in [1.29, 1.82) is 0 Å². The van der Waals surface area contributed by atoms with Crippen molar-refractivity contribution in [2.75, 3.05) is 6.54 Å². The van der Waals surface area contributed by atoms with E-state index in [-0.39, 0.29) is 23.3 Å². The van der Waals surface area contributed by atoms with Crippen LogP contribution in [0.15, 0.2) is 24.3 Å². The Balaban J connectivity index is 1.68. The van der Waals surface area contributed by atoms with Gasteiger partial charge in [-0.15, -0.1) is 0 Å². The zero-order valence-electron chi connectivity index (χ0n) is 14.2. The predicted octanol–water partition coefficient (Wildman–Crippen LogP) is 3.76. The molecule has 1 aromatic carbocycles. The van der Waals surface area contributed by atoms with Gasteiger partial charge in [-0.3, -0.25) is 4.79 Å². The summed E-state index contributed by atoms with van der Waals surface area (Å²) < 4.78 is 39.0. The molecule has 138 valence electrons. The van der Waals surface area contributed by atoms with Crippen molar-refractivity contribution in [3.05, 3.63) is 35.4 Å². The van der Waals surface area contributed by atoms with E-state index >= 15 is 0 Å². The third-order valence-corrected chi connectivity index (χ3v) is 5.80. The van der Waals surface area contributed by atoms with Gasteiger partial charge in [0.15, 0.2) is 0 Å². The predicted molar refractivity (Wildman–Crippen MR) is 89.9 cm³/mol. The first-order valence-corrected chi connectivity index (χ1v) is 9.01. The summed E-state index contributed by atoms with van der Waals surface area (Å²) >= 11 is 0. The van der Waals surface area contributed by atoms with Crippen molar-refractivity contribution < 1.29 is 18.0 Å². The molecule has 2 aliphatic carbocycles. The Labute approximate surface area is 146 Å². The van der Waals surface area contributed by atoms with Crippen LogP contribution < -0.4 is 11.1 Å². The van der Waals surface area contributed by atoms with Gasteiger partial charge in [0.1, 0.15) is 0 Å². The van der Waals surface area contributed by atoms with E-state index in [9.17, 15) is 18.0 Å². The third kappa shape index (κ3) is 4.00. The van der Waals surface area contributed by atoms with Crippen LogP contribution >= 0.6 is 0 Å². The molecular formula is C19H25F3N2O. The molecule has 0 spiro atoms. The lowest BCUT2D eigenvalue weighted by Crippen LogP contribution is -2.48. The second kappa shape index (κ2) is 6.98. The van der Waals surface area contributed by atoms with Crippen LogP contribution in [0, 0.1) is 5.92 Å². The molecule has 0 saturated heterocycles. The Hall–Kier alpha value is -1.56. The summed E-state index contributed by atoms with van der Waals surface area (Å²) in [6.45, 7) is 0.402. The molecule has 1 amide bonds. The average molecular weight is 354 g/mol. The number of hydrogen-bond donors (Lipinski definition) is 2. The van der Waals surface area contributed by atoms with E-state index in [0.29, 0.717) is 18.5 Å². The van der Waals surface area contributed by atoms with Crippen molar-refractivity contribution in [2.45, 2.75) is 62.6 Å². The monoisotopic (exact) mass is 354 g/mol. The fourth-order valence-corrected chi connectivity index (χ4v) is 4.06. The lowest BCUT2D eigenvalue weighted by Gasteiger charge is -2.43. The number of hydrogen-bond acceptors (Lipinski definition) is 2. The summed E-state index contributed by atoms with van der Waals surface area (Å²) in [5.41, 5.74) is 5.63. The molecule has 3 rings (SSSR count). The first-order chi connectivity index (χ1) is 11.8. The number of carbonyl (C=O) groups is 1. The van der Waals surface area contributed by atoms with E-state index in [4.69, 9.17) is 5.73 Å². The molecule has 0 radical (unpaired) electrons. The molecule has 2 fully saturated rings. The number of nitrogens with one attached hydrogen (secondary N) is 1. The Morgan fingerprint density at radius 3 is 2.60 bits per heavy atom. The van der Waals surface area contributed by atoms with Crippen molar-refractivity contribution in [1.82, 2.24) is 5.32 Å². The maximum Gasteiger partial charge on any atom is 0.416 e. The van der Waals surface area contributed by atoms with Gasteiger partial charge < -0.3 is 11.1 Å². The molecule has 0 aliphatic heterocycles. The zero-order valence-corrected chi connectivity index (χ0v) is 14.2. The normalized spacial score (nSPS) is 25.9. The highest BCUT2D eigenvalue weighted by Crippen LogP contribution is 2.44. The second-order valence-electron chi connectivity index (χ2n) is 7.55. The number of rotatable bonds is 4. The molecule has 25 heavy (non-hydrogen) atoms. The summed E-state index contributed by atoms with van der Waals surface area (Å²) in [7, 11) is 0. The van der Waals surface area contributed by atoms with Gasteiger partial charge in [-0.05, 0) is 43.7 Å². The van der Waals surface area contributed by atoms with Crippen molar-refractivity contribution in [3.8, 4) is 0 Å². The number of nitrogens with two attached hydrogens (primary N) is 1. The summed E-state index contributed by atoms with van der Waals surface area (Å²) in [6, 6.07) is 5.61. The number of alkyl halides is 3. The van der Waals surface area contributed by atoms with Crippen LogP contribution in [0.5, 0.6) is 0 Å². The van der Waals surface area contributed by atoms with E-state index in [0.717, 1.165) is 44.6 Å². The molecule has 0 heterocycles. The van der Waals surface area contributed by atoms with Gasteiger partial charge in [-0.2, -0.15) is 13.2 Å². The molecule has 2 unspecified atom stereocenters. The topological polar surface area (TPSA) is 55.1 Å². The largest absolute Gasteiger partial charge is 0.416 e. The number of amides is 1. The van der Waals surface area contributed by atoms with Crippen LogP contribution in [0.4, 0.5) is 13.2 Å². The Morgan fingerprint density at radius 1 is 1.24 bits per heavy atom. The average Bonchev–Trinajstić information content (AvgIpc) is 2.53. The van der Waals surface area contributed by atoms with Gasteiger partial charge >= 0.3 is 6.18 Å². The molecular weight excluding hydrogens is 329 g/mol. The molecule has 2 saturated carbocycles. The Kier molecular flexibility index (Phi) is 5.09. The fourth-order valence-electron chi connectivity index (χ4n) is 4.06. The first-order valence-electron chi connectivity index (χ1n) is 9.01. The summed E-state index contributed by atoms with van der Waals surface area (Å²) in [5.74, 6) is -0.0733. The van der Waals surface area contributed by atoms with Crippen LogP contribution in [-0.4, -0.2) is 18.5 Å². The van der Waals surface area contributed by atoms with E-state index in [1.165, 1.54) is 12.1 Å². The van der Waals surface area contributed by atoms with Gasteiger partial charge in [-0.1, -0.05) is 31.0 Å². The maximum absolute atomic E-state index is 13.0. The van der Waals surface area contributed by atoms with Gasteiger partial charge in [0.2, 0.25) is 5.91 Å². The molecule has 2 atom stereocenters. The smallest absolute Gasteiger partial charge is 0.355 e. The minimum atomic E-state index is -4.34. The van der Waals surface area contributed by atoms with Crippen molar-refractivity contribution >= 4 is 5.91 Å². The molecule has 1 aromatic rings. The van der Waals surface area contributed by atoms with Gasteiger partial charge in [0.05, 0.1) is 5.56 Å². The number of benzene rings is 1. The minimum Gasteiger partial charge on any atom is -0.355 e. The fraction of sp³-hybridized carbons (Fsp3) is 0.632. The highest BCUT2D eigenvalue weighted by Gasteiger charge is 2.41. The standard InChI is InChI=1S/C19H25F3N2O/c20-19(21,22)15-6-2-5-14(11-15)18(8-3-9-18)12-24-17(25)13-4-1-7-16(23)10-13/h2,5-6,11,13,16H,1,3-4,7-10,12,23H2,(H,24,25).